The number of benzene rings is 2. The van der Waals surface area contributed by atoms with Crippen LogP contribution in [0.15, 0.2) is 65.7 Å². The fourth-order valence-corrected chi connectivity index (χ4v) is 2.16. The minimum atomic E-state index is -0.288. The quantitative estimate of drug-likeness (QED) is 0.235. The minimum Gasteiger partial charge on any atom is -0.476 e. The summed E-state index contributed by atoms with van der Waals surface area (Å²) in [6, 6.07) is 19.4. The maximum absolute atomic E-state index is 11.8. The number of hydrogen-bond donors (Lipinski definition) is 0. The molecular formula is C19H20ClNO3. The Morgan fingerprint density at radius 3 is 1.92 bits per heavy atom. The molecule has 0 radical (unpaired) electrons. The zero-order chi connectivity index (χ0) is 17.0. The molecule has 4 nitrogen and oxygen atoms in total. The molecule has 0 amide bonds. The van der Waals surface area contributed by atoms with Gasteiger partial charge in [0.05, 0.1) is 6.42 Å². The molecule has 0 N–H and O–H groups in total. The van der Waals surface area contributed by atoms with Crippen molar-refractivity contribution in [3.8, 4) is 0 Å². The predicted octanol–water partition coefficient (Wildman–Crippen LogP) is 4.32. The lowest BCUT2D eigenvalue weighted by Gasteiger charge is -2.09. The van der Waals surface area contributed by atoms with Crippen molar-refractivity contribution in [2.75, 3.05) is 6.00 Å². The van der Waals surface area contributed by atoms with E-state index in [2.05, 4.69) is 4.99 Å². The van der Waals surface area contributed by atoms with Crippen LogP contribution >= 0.6 is 11.6 Å². The first kappa shape index (κ1) is 18.0. The van der Waals surface area contributed by atoms with Gasteiger partial charge >= 0.3 is 5.97 Å². The van der Waals surface area contributed by atoms with Crippen molar-refractivity contribution < 1.29 is 14.3 Å². The second-order valence-corrected chi connectivity index (χ2v) is 5.33. The summed E-state index contributed by atoms with van der Waals surface area (Å²) in [6.45, 7) is 0.669. The zero-order valence-electron chi connectivity index (χ0n) is 13.4. The lowest BCUT2D eigenvalue weighted by Crippen LogP contribution is -2.11. The number of hydrogen-bond acceptors (Lipinski definition) is 4. The number of carbonyl (C=O) groups excluding carboxylic acids is 1. The molecule has 5 heteroatoms. The van der Waals surface area contributed by atoms with Crippen LogP contribution in [0.3, 0.4) is 0 Å². The van der Waals surface area contributed by atoms with Gasteiger partial charge in [0, 0.05) is 6.42 Å². The summed E-state index contributed by atoms with van der Waals surface area (Å²) >= 11 is 5.65. The molecule has 0 aliphatic rings. The number of aliphatic imine (C=N–C) groups is 1. The van der Waals surface area contributed by atoms with E-state index in [0.717, 1.165) is 11.1 Å². The Labute approximate surface area is 147 Å². The fourth-order valence-electron chi connectivity index (χ4n) is 2.02. The van der Waals surface area contributed by atoms with Gasteiger partial charge in [-0.1, -0.05) is 60.7 Å². The molecule has 0 atom stereocenters. The predicted molar refractivity (Wildman–Crippen MR) is 94.9 cm³/mol. The maximum atomic E-state index is 11.8. The summed E-state index contributed by atoms with van der Waals surface area (Å²) in [7, 11) is 0. The average Bonchev–Trinajstić information content (AvgIpc) is 2.64. The van der Waals surface area contributed by atoms with Crippen LogP contribution in [0.4, 0.5) is 0 Å². The average molecular weight is 346 g/mol. The Morgan fingerprint density at radius 2 is 1.38 bits per heavy atom. The van der Waals surface area contributed by atoms with Crippen LogP contribution in [0.25, 0.3) is 0 Å². The highest BCUT2D eigenvalue weighted by Gasteiger charge is 2.08. The fraction of sp³-hybridized carbons (Fsp3) is 0.263. The Bertz CT molecular complexity index is 644. The van der Waals surface area contributed by atoms with Crippen LogP contribution in [0, 0.1) is 0 Å². The molecule has 126 valence electrons. The van der Waals surface area contributed by atoms with Gasteiger partial charge in [-0.15, -0.1) is 11.6 Å². The first-order valence-corrected chi connectivity index (χ1v) is 8.27. The normalized spacial score (nSPS) is 11.1. The van der Waals surface area contributed by atoms with Crippen molar-refractivity contribution in [3.63, 3.8) is 0 Å². The Balaban J connectivity index is 1.74. The van der Waals surface area contributed by atoms with E-state index in [0.29, 0.717) is 18.9 Å². The van der Waals surface area contributed by atoms with E-state index in [1.807, 2.05) is 60.7 Å². The highest BCUT2D eigenvalue weighted by atomic mass is 35.5. The monoisotopic (exact) mass is 345 g/mol. The summed E-state index contributed by atoms with van der Waals surface area (Å²) in [4.78, 5) is 15.9. The van der Waals surface area contributed by atoms with Gasteiger partial charge in [0.25, 0.3) is 0 Å². The number of alkyl halides is 1. The molecule has 0 aromatic heterocycles. The van der Waals surface area contributed by atoms with Gasteiger partial charge in [-0.2, -0.15) is 0 Å². The molecule has 0 saturated heterocycles. The number of ether oxygens (including phenoxy) is 2. The molecule has 0 unspecified atom stereocenters. The highest BCUT2D eigenvalue weighted by molar-refractivity contribution is 6.18. The van der Waals surface area contributed by atoms with E-state index >= 15 is 0 Å². The minimum absolute atomic E-state index is 0.100. The number of halogens is 1. The molecule has 0 fully saturated rings. The SMILES string of the molecule is O=C(CCC(=NCCl)OCc1ccccc1)OCc1ccccc1. The summed E-state index contributed by atoms with van der Waals surface area (Å²) in [5.74, 6) is 0.176. The number of carbonyl (C=O) groups is 1. The van der Waals surface area contributed by atoms with Crippen molar-refractivity contribution >= 4 is 23.5 Å². The first-order valence-electron chi connectivity index (χ1n) is 7.73. The Kier molecular flexibility index (Phi) is 7.84. The zero-order valence-corrected chi connectivity index (χ0v) is 14.1. The van der Waals surface area contributed by atoms with Crippen molar-refractivity contribution in [3.05, 3.63) is 71.8 Å². The topological polar surface area (TPSA) is 47.9 Å². The molecule has 0 aliphatic heterocycles. The number of rotatable bonds is 8. The van der Waals surface area contributed by atoms with E-state index < -0.39 is 0 Å². The second kappa shape index (κ2) is 10.4. The molecule has 0 spiro atoms. The lowest BCUT2D eigenvalue weighted by atomic mass is 10.2. The van der Waals surface area contributed by atoms with Crippen molar-refractivity contribution in [1.29, 1.82) is 0 Å². The molecule has 0 saturated carbocycles. The summed E-state index contributed by atoms with van der Waals surface area (Å²) in [6.07, 6.45) is 0.574. The van der Waals surface area contributed by atoms with Crippen LogP contribution in [-0.2, 0) is 27.5 Å². The van der Waals surface area contributed by atoms with Crippen LogP contribution in [-0.4, -0.2) is 17.9 Å². The molecule has 2 rings (SSSR count). The largest absolute Gasteiger partial charge is 0.476 e. The highest BCUT2D eigenvalue weighted by Crippen LogP contribution is 2.07. The molecule has 2 aromatic rings. The van der Waals surface area contributed by atoms with Crippen LogP contribution < -0.4 is 0 Å². The number of esters is 1. The molecule has 0 aliphatic carbocycles. The molecule has 0 heterocycles. The Hall–Kier alpha value is -2.33. The van der Waals surface area contributed by atoms with Crippen molar-refractivity contribution in [2.24, 2.45) is 4.99 Å². The van der Waals surface area contributed by atoms with Crippen LogP contribution in [0.5, 0.6) is 0 Å². The third-order valence-corrected chi connectivity index (χ3v) is 3.39. The van der Waals surface area contributed by atoms with Gasteiger partial charge in [-0.25, -0.2) is 4.99 Å². The third-order valence-electron chi connectivity index (χ3n) is 3.27. The van der Waals surface area contributed by atoms with Crippen molar-refractivity contribution in [2.45, 2.75) is 26.1 Å². The summed E-state index contributed by atoms with van der Waals surface area (Å²) in [5.41, 5.74) is 1.99. The molecular weight excluding hydrogens is 326 g/mol. The van der Waals surface area contributed by atoms with E-state index in [-0.39, 0.29) is 25.0 Å². The van der Waals surface area contributed by atoms with Gasteiger partial charge in [0.15, 0.2) is 5.90 Å². The summed E-state index contributed by atoms with van der Waals surface area (Å²) < 4.78 is 10.9. The second-order valence-electron chi connectivity index (χ2n) is 5.09. The smallest absolute Gasteiger partial charge is 0.306 e. The Morgan fingerprint density at radius 1 is 0.833 bits per heavy atom. The van der Waals surface area contributed by atoms with Gasteiger partial charge < -0.3 is 9.47 Å². The van der Waals surface area contributed by atoms with E-state index in [4.69, 9.17) is 21.1 Å². The van der Waals surface area contributed by atoms with Gasteiger partial charge in [-0.05, 0) is 11.1 Å². The van der Waals surface area contributed by atoms with Gasteiger partial charge in [0.2, 0.25) is 0 Å². The van der Waals surface area contributed by atoms with E-state index in [1.165, 1.54) is 0 Å². The summed E-state index contributed by atoms with van der Waals surface area (Å²) in [5, 5.41) is 0. The van der Waals surface area contributed by atoms with Crippen LogP contribution in [0.1, 0.15) is 24.0 Å². The lowest BCUT2D eigenvalue weighted by molar-refractivity contribution is -0.144. The van der Waals surface area contributed by atoms with Crippen molar-refractivity contribution in [1.82, 2.24) is 0 Å². The molecule has 2 aromatic carbocycles. The maximum Gasteiger partial charge on any atom is 0.306 e. The van der Waals surface area contributed by atoms with Gasteiger partial charge in [0.1, 0.15) is 19.2 Å². The molecule has 0 bridgehead atoms. The number of nitrogens with zero attached hydrogens (tertiary/aromatic N) is 1. The van der Waals surface area contributed by atoms with E-state index in [9.17, 15) is 4.79 Å². The third kappa shape index (κ3) is 6.84. The molecule has 24 heavy (non-hydrogen) atoms. The van der Waals surface area contributed by atoms with Crippen LogP contribution in [0.2, 0.25) is 0 Å². The van der Waals surface area contributed by atoms with E-state index in [1.54, 1.807) is 0 Å². The van der Waals surface area contributed by atoms with Gasteiger partial charge in [-0.3, -0.25) is 4.79 Å². The first-order chi connectivity index (χ1) is 11.8. The standard InChI is InChI=1S/C19H20ClNO3/c20-15-21-18(23-13-16-7-3-1-4-8-16)11-12-19(22)24-14-17-9-5-2-6-10-17/h1-10H,11-15H2.